The zero-order valence-electron chi connectivity index (χ0n) is 11.4. The number of anilines is 1. The summed E-state index contributed by atoms with van der Waals surface area (Å²) >= 11 is 0. The van der Waals surface area contributed by atoms with Crippen LogP contribution in [0.3, 0.4) is 0 Å². The van der Waals surface area contributed by atoms with E-state index in [1.807, 2.05) is 18.2 Å². The fourth-order valence-corrected chi connectivity index (χ4v) is 2.26. The molecule has 0 aromatic heterocycles. The standard InChI is InChI=1S/C18H16FN/c1-13-6-9-17(11-18(13)19)20-12-14-7-8-15-4-2-3-5-16(15)10-14/h2-11,20H,12H2,1H3. The fraction of sp³-hybridized carbons (Fsp3) is 0.111. The number of fused-ring (bicyclic) bond motifs is 1. The minimum Gasteiger partial charge on any atom is -0.381 e. The Morgan fingerprint density at radius 2 is 1.70 bits per heavy atom. The summed E-state index contributed by atoms with van der Waals surface area (Å²) in [5.74, 6) is -0.173. The molecule has 0 unspecified atom stereocenters. The zero-order chi connectivity index (χ0) is 13.9. The van der Waals surface area contributed by atoms with E-state index in [1.54, 1.807) is 13.0 Å². The molecule has 3 aromatic rings. The molecule has 1 nitrogen and oxygen atoms in total. The molecule has 0 amide bonds. The first-order chi connectivity index (χ1) is 9.72. The van der Waals surface area contributed by atoms with Gasteiger partial charge in [0.25, 0.3) is 0 Å². The molecular formula is C18H16FN. The highest BCUT2D eigenvalue weighted by Crippen LogP contribution is 2.18. The van der Waals surface area contributed by atoms with E-state index in [1.165, 1.54) is 22.4 Å². The van der Waals surface area contributed by atoms with E-state index >= 15 is 0 Å². The smallest absolute Gasteiger partial charge is 0.128 e. The molecular weight excluding hydrogens is 249 g/mol. The summed E-state index contributed by atoms with van der Waals surface area (Å²) in [5, 5.41) is 5.71. The van der Waals surface area contributed by atoms with Gasteiger partial charge in [-0.15, -0.1) is 0 Å². The van der Waals surface area contributed by atoms with Gasteiger partial charge in [0, 0.05) is 12.2 Å². The highest BCUT2D eigenvalue weighted by atomic mass is 19.1. The Morgan fingerprint density at radius 3 is 2.50 bits per heavy atom. The minimum atomic E-state index is -0.173. The molecule has 0 saturated heterocycles. The van der Waals surface area contributed by atoms with Crippen LogP contribution < -0.4 is 5.32 Å². The third-order valence-corrected chi connectivity index (χ3v) is 3.48. The van der Waals surface area contributed by atoms with Crippen LogP contribution in [0.2, 0.25) is 0 Å². The van der Waals surface area contributed by atoms with E-state index in [2.05, 4.69) is 35.6 Å². The van der Waals surface area contributed by atoms with Crippen LogP contribution in [0.25, 0.3) is 10.8 Å². The number of aryl methyl sites for hydroxylation is 1. The summed E-state index contributed by atoms with van der Waals surface area (Å²) in [7, 11) is 0. The van der Waals surface area contributed by atoms with Gasteiger partial charge in [0.15, 0.2) is 0 Å². The van der Waals surface area contributed by atoms with E-state index in [0.29, 0.717) is 12.1 Å². The van der Waals surface area contributed by atoms with Gasteiger partial charge < -0.3 is 5.32 Å². The lowest BCUT2D eigenvalue weighted by Crippen LogP contribution is -2.00. The van der Waals surface area contributed by atoms with Crippen molar-refractivity contribution in [1.29, 1.82) is 0 Å². The van der Waals surface area contributed by atoms with Crippen molar-refractivity contribution in [3.05, 3.63) is 77.6 Å². The van der Waals surface area contributed by atoms with Crippen LogP contribution >= 0.6 is 0 Å². The quantitative estimate of drug-likeness (QED) is 0.710. The second-order valence-electron chi connectivity index (χ2n) is 5.00. The number of hydrogen-bond acceptors (Lipinski definition) is 1. The van der Waals surface area contributed by atoms with E-state index in [0.717, 1.165) is 5.69 Å². The van der Waals surface area contributed by atoms with Gasteiger partial charge in [0.05, 0.1) is 0 Å². The van der Waals surface area contributed by atoms with Gasteiger partial charge in [0.1, 0.15) is 5.82 Å². The Labute approximate surface area is 118 Å². The number of hydrogen-bond donors (Lipinski definition) is 1. The average molecular weight is 265 g/mol. The normalized spacial score (nSPS) is 10.7. The number of halogens is 1. The number of benzene rings is 3. The van der Waals surface area contributed by atoms with Crippen molar-refractivity contribution < 1.29 is 4.39 Å². The van der Waals surface area contributed by atoms with E-state index in [4.69, 9.17) is 0 Å². The molecule has 0 aliphatic carbocycles. The summed E-state index contributed by atoms with van der Waals surface area (Å²) < 4.78 is 13.5. The van der Waals surface area contributed by atoms with Crippen molar-refractivity contribution in [2.75, 3.05) is 5.32 Å². The molecule has 3 rings (SSSR count). The highest BCUT2D eigenvalue weighted by molar-refractivity contribution is 5.83. The Hall–Kier alpha value is -2.35. The monoisotopic (exact) mass is 265 g/mol. The van der Waals surface area contributed by atoms with Crippen molar-refractivity contribution in [2.24, 2.45) is 0 Å². The van der Waals surface area contributed by atoms with Crippen LogP contribution in [0, 0.1) is 12.7 Å². The largest absolute Gasteiger partial charge is 0.381 e. The first kappa shape index (κ1) is 12.7. The van der Waals surface area contributed by atoms with E-state index < -0.39 is 0 Å². The van der Waals surface area contributed by atoms with Crippen molar-refractivity contribution in [3.63, 3.8) is 0 Å². The predicted molar refractivity (Wildman–Crippen MR) is 82.4 cm³/mol. The summed E-state index contributed by atoms with van der Waals surface area (Å²) in [6.07, 6.45) is 0. The minimum absolute atomic E-state index is 0.173. The SMILES string of the molecule is Cc1ccc(NCc2ccc3ccccc3c2)cc1F. The topological polar surface area (TPSA) is 12.0 Å². The van der Waals surface area contributed by atoms with Crippen LogP contribution in [0.5, 0.6) is 0 Å². The van der Waals surface area contributed by atoms with Crippen molar-refractivity contribution in [2.45, 2.75) is 13.5 Å². The van der Waals surface area contributed by atoms with Crippen molar-refractivity contribution in [3.8, 4) is 0 Å². The third-order valence-electron chi connectivity index (χ3n) is 3.48. The molecule has 0 radical (unpaired) electrons. The van der Waals surface area contributed by atoms with E-state index in [9.17, 15) is 4.39 Å². The highest BCUT2D eigenvalue weighted by Gasteiger charge is 2.00. The molecule has 2 heteroatoms. The van der Waals surface area contributed by atoms with Crippen LogP contribution in [-0.2, 0) is 6.54 Å². The average Bonchev–Trinajstić information content (AvgIpc) is 2.48. The molecule has 3 aromatic carbocycles. The molecule has 100 valence electrons. The molecule has 0 spiro atoms. The summed E-state index contributed by atoms with van der Waals surface area (Å²) in [6, 6.07) is 19.9. The molecule has 0 fully saturated rings. The molecule has 20 heavy (non-hydrogen) atoms. The van der Waals surface area contributed by atoms with Gasteiger partial charge in [-0.25, -0.2) is 4.39 Å². The number of rotatable bonds is 3. The third kappa shape index (κ3) is 2.64. The maximum atomic E-state index is 13.5. The van der Waals surface area contributed by atoms with Gasteiger partial charge in [-0.3, -0.25) is 0 Å². The van der Waals surface area contributed by atoms with Gasteiger partial charge in [-0.05, 0) is 47.0 Å². The molecule has 1 N–H and O–H groups in total. The number of nitrogens with one attached hydrogen (secondary N) is 1. The molecule has 0 saturated carbocycles. The van der Waals surface area contributed by atoms with Crippen LogP contribution in [0.1, 0.15) is 11.1 Å². The van der Waals surface area contributed by atoms with E-state index in [-0.39, 0.29) is 5.82 Å². The van der Waals surface area contributed by atoms with Gasteiger partial charge >= 0.3 is 0 Å². The molecule has 0 atom stereocenters. The maximum absolute atomic E-state index is 13.5. The first-order valence-corrected chi connectivity index (χ1v) is 6.70. The van der Waals surface area contributed by atoms with Crippen LogP contribution in [0.4, 0.5) is 10.1 Å². The van der Waals surface area contributed by atoms with Gasteiger partial charge in [0.2, 0.25) is 0 Å². The maximum Gasteiger partial charge on any atom is 0.128 e. The Balaban J connectivity index is 1.77. The Morgan fingerprint density at radius 1 is 0.900 bits per heavy atom. The predicted octanol–water partition coefficient (Wildman–Crippen LogP) is 4.90. The summed E-state index contributed by atoms with van der Waals surface area (Å²) in [6.45, 7) is 2.45. The molecule has 0 bridgehead atoms. The van der Waals surface area contributed by atoms with Gasteiger partial charge in [-0.1, -0.05) is 42.5 Å². The van der Waals surface area contributed by atoms with Crippen LogP contribution in [0.15, 0.2) is 60.7 Å². The molecule has 0 aliphatic rings. The fourth-order valence-electron chi connectivity index (χ4n) is 2.26. The lowest BCUT2D eigenvalue weighted by molar-refractivity contribution is 0.619. The first-order valence-electron chi connectivity index (χ1n) is 6.70. The summed E-state index contributed by atoms with van der Waals surface area (Å²) in [4.78, 5) is 0. The second kappa shape index (κ2) is 5.33. The molecule has 0 heterocycles. The lowest BCUT2D eigenvalue weighted by Gasteiger charge is -2.08. The van der Waals surface area contributed by atoms with Crippen molar-refractivity contribution >= 4 is 16.5 Å². The zero-order valence-corrected chi connectivity index (χ0v) is 11.4. The van der Waals surface area contributed by atoms with Crippen molar-refractivity contribution in [1.82, 2.24) is 0 Å². The Kier molecular flexibility index (Phi) is 3.38. The molecule has 0 aliphatic heterocycles. The van der Waals surface area contributed by atoms with Gasteiger partial charge in [-0.2, -0.15) is 0 Å². The second-order valence-corrected chi connectivity index (χ2v) is 5.00. The Bertz CT molecular complexity index is 749. The van der Waals surface area contributed by atoms with Crippen LogP contribution in [-0.4, -0.2) is 0 Å². The summed E-state index contributed by atoms with van der Waals surface area (Å²) in [5.41, 5.74) is 2.66. The lowest BCUT2D eigenvalue weighted by atomic mass is 10.1.